The average Bonchev–Trinajstić information content (AvgIpc) is 3.22. The lowest BCUT2D eigenvalue weighted by Gasteiger charge is -2.18. The first-order valence-corrected chi connectivity index (χ1v) is 7.31. The molecule has 0 unspecified atom stereocenters. The predicted molar refractivity (Wildman–Crippen MR) is 78.4 cm³/mol. The van der Waals surface area contributed by atoms with E-state index in [1.165, 1.54) is 18.6 Å². The number of likely N-dealkylation sites (tertiary alicyclic amines) is 1. The number of hydrogen-bond donors (Lipinski definition) is 2. The highest BCUT2D eigenvalue weighted by molar-refractivity contribution is 6.00. The second-order valence-corrected chi connectivity index (χ2v) is 5.70. The summed E-state index contributed by atoms with van der Waals surface area (Å²) in [6, 6.07) is 3.24. The van der Waals surface area contributed by atoms with Crippen LogP contribution in [0.5, 0.6) is 0 Å². The second kappa shape index (κ2) is 6.19. The van der Waals surface area contributed by atoms with Crippen LogP contribution < -0.4 is 0 Å². The highest BCUT2D eigenvalue weighted by atomic mass is 19.4. The summed E-state index contributed by atoms with van der Waals surface area (Å²) >= 11 is 0. The number of aromatic nitrogens is 3. The molecular weight excluding hydrogens is 341 g/mol. The molecule has 7 nitrogen and oxygen atoms in total. The van der Waals surface area contributed by atoms with Gasteiger partial charge in [0.05, 0.1) is 29.3 Å². The van der Waals surface area contributed by atoms with Crippen LogP contribution >= 0.6 is 0 Å². The summed E-state index contributed by atoms with van der Waals surface area (Å²) < 4.78 is 39.2. The molecule has 1 saturated heterocycles. The van der Waals surface area contributed by atoms with Crippen molar-refractivity contribution in [2.24, 2.45) is 11.8 Å². The molecule has 1 fully saturated rings. The number of amides is 1. The highest BCUT2D eigenvalue weighted by Crippen LogP contribution is 2.38. The van der Waals surface area contributed by atoms with Crippen LogP contribution in [0, 0.1) is 11.8 Å². The molecule has 2 atom stereocenters. The number of rotatable bonds is 3. The van der Waals surface area contributed by atoms with Crippen molar-refractivity contribution in [2.45, 2.75) is 6.18 Å². The number of aromatic amines is 1. The quantitative estimate of drug-likeness (QED) is 0.876. The zero-order chi connectivity index (χ0) is 18.2. The maximum atomic E-state index is 13.1. The number of nitrogens with zero attached hydrogens (tertiary/aromatic N) is 3. The molecule has 0 aliphatic carbocycles. The molecule has 132 valence electrons. The number of carboxylic acids is 1. The maximum absolute atomic E-state index is 13.1. The van der Waals surface area contributed by atoms with Gasteiger partial charge in [-0.25, -0.2) is 0 Å². The van der Waals surface area contributed by atoms with Crippen molar-refractivity contribution in [3.8, 4) is 11.3 Å². The number of pyridine rings is 1. The van der Waals surface area contributed by atoms with Crippen LogP contribution in [-0.2, 0) is 4.79 Å². The second-order valence-electron chi connectivity index (χ2n) is 5.70. The molecule has 3 heterocycles. The van der Waals surface area contributed by atoms with Crippen LogP contribution in [0.4, 0.5) is 13.2 Å². The van der Waals surface area contributed by atoms with Crippen LogP contribution in [0.25, 0.3) is 11.3 Å². The van der Waals surface area contributed by atoms with Crippen molar-refractivity contribution in [2.75, 3.05) is 13.1 Å². The van der Waals surface area contributed by atoms with Crippen molar-refractivity contribution in [3.63, 3.8) is 0 Å². The summed E-state index contributed by atoms with van der Waals surface area (Å²) in [5, 5.41) is 15.5. The number of aliphatic carboxylic acids is 1. The lowest BCUT2D eigenvalue weighted by molar-refractivity contribution is -0.187. The van der Waals surface area contributed by atoms with Gasteiger partial charge in [-0.3, -0.25) is 19.7 Å². The molecule has 1 amide bonds. The fourth-order valence-corrected chi connectivity index (χ4v) is 2.91. The normalized spacial score (nSPS) is 20.7. The summed E-state index contributed by atoms with van der Waals surface area (Å²) in [5.41, 5.74) is 1.02. The van der Waals surface area contributed by atoms with Crippen LogP contribution in [0.2, 0.25) is 0 Å². The molecule has 0 saturated carbocycles. The monoisotopic (exact) mass is 354 g/mol. The molecule has 2 N–H and O–H groups in total. The minimum atomic E-state index is -4.69. The largest absolute Gasteiger partial charge is 0.481 e. The average molecular weight is 354 g/mol. The lowest BCUT2D eigenvalue weighted by Crippen LogP contribution is -2.34. The van der Waals surface area contributed by atoms with Gasteiger partial charge in [0.15, 0.2) is 0 Å². The van der Waals surface area contributed by atoms with Gasteiger partial charge in [0.2, 0.25) is 0 Å². The number of carbonyl (C=O) groups is 2. The Morgan fingerprint density at radius 2 is 1.92 bits per heavy atom. The first kappa shape index (κ1) is 16.9. The Bertz CT molecular complexity index is 791. The Labute approximate surface area is 139 Å². The van der Waals surface area contributed by atoms with Crippen molar-refractivity contribution >= 4 is 11.9 Å². The SMILES string of the molecule is O=C(O)[C@@H]1CN(C(=O)c2cn[nH]c2-c2ccncc2)C[C@H]1C(F)(F)F. The van der Waals surface area contributed by atoms with Gasteiger partial charge in [-0.2, -0.15) is 18.3 Å². The lowest BCUT2D eigenvalue weighted by atomic mass is 9.96. The van der Waals surface area contributed by atoms with Gasteiger partial charge in [0.25, 0.3) is 5.91 Å². The van der Waals surface area contributed by atoms with Gasteiger partial charge >= 0.3 is 12.1 Å². The fourth-order valence-electron chi connectivity index (χ4n) is 2.91. The van der Waals surface area contributed by atoms with E-state index in [1.54, 1.807) is 12.1 Å². The molecular formula is C15H13F3N4O3. The van der Waals surface area contributed by atoms with E-state index in [9.17, 15) is 22.8 Å². The molecule has 0 aromatic carbocycles. The van der Waals surface area contributed by atoms with Gasteiger partial charge in [-0.1, -0.05) is 0 Å². The zero-order valence-corrected chi connectivity index (χ0v) is 12.7. The first-order chi connectivity index (χ1) is 11.8. The van der Waals surface area contributed by atoms with Gasteiger partial charge < -0.3 is 10.0 Å². The molecule has 1 aliphatic rings. The first-order valence-electron chi connectivity index (χ1n) is 7.31. The molecule has 0 spiro atoms. The van der Waals surface area contributed by atoms with E-state index >= 15 is 0 Å². The van der Waals surface area contributed by atoms with Gasteiger partial charge in [0.1, 0.15) is 0 Å². The summed E-state index contributed by atoms with van der Waals surface area (Å²) in [6.07, 6.45) is -0.474. The highest BCUT2D eigenvalue weighted by Gasteiger charge is 2.53. The number of halogens is 3. The number of hydrogen-bond acceptors (Lipinski definition) is 4. The van der Waals surface area contributed by atoms with E-state index in [-0.39, 0.29) is 5.56 Å². The van der Waals surface area contributed by atoms with E-state index in [4.69, 9.17) is 5.11 Å². The predicted octanol–water partition coefficient (Wildman–Crippen LogP) is 1.81. The van der Waals surface area contributed by atoms with E-state index in [0.29, 0.717) is 11.3 Å². The van der Waals surface area contributed by atoms with E-state index in [1.807, 2.05) is 0 Å². The minimum Gasteiger partial charge on any atom is -0.481 e. The Morgan fingerprint density at radius 3 is 2.48 bits per heavy atom. The molecule has 3 rings (SSSR count). The molecule has 0 radical (unpaired) electrons. The molecule has 1 aliphatic heterocycles. The Kier molecular flexibility index (Phi) is 4.19. The van der Waals surface area contributed by atoms with E-state index in [0.717, 1.165) is 4.90 Å². The topological polar surface area (TPSA) is 99.2 Å². The molecule has 25 heavy (non-hydrogen) atoms. The Morgan fingerprint density at radius 1 is 1.24 bits per heavy atom. The Balaban J connectivity index is 1.88. The van der Waals surface area contributed by atoms with Gasteiger partial charge in [-0.15, -0.1) is 0 Å². The third kappa shape index (κ3) is 3.19. The van der Waals surface area contributed by atoms with Crippen molar-refractivity contribution < 1.29 is 27.9 Å². The summed E-state index contributed by atoms with van der Waals surface area (Å²) in [5.74, 6) is -6.04. The van der Waals surface area contributed by atoms with E-state index < -0.39 is 43.0 Å². The maximum Gasteiger partial charge on any atom is 0.394 e. The van der Waals surface area contributed by atoms with Crippen molar-refractivity contribution in [1.29, 1.82) is 0 Å². The molecule has 0 bridgehead atoms. The number of H-pyrrole nitrogens is 1. The number of nitrogens with one attached hydrogen (secondary N) is 1. The van der Waals surface area contributed by atoms with Crippen LogP contribution in [-0.4, -0.2) is 56.3 Å². The van der Waals surface area contributed by atoms with E-state index in [2.05, 4.69) is 15.2 Å². The van der Waals surface area contributed by atoms with Gasteiger partial charge in [0, 0.05) is 31.0 Å². The zero-order valence-electron chi connectivity index (χ0n) is 12.7. The van der Waals surface area contributed by atoms with Crippen LogP contribution in [0.15, 0.2) is 30.7 Å². The minimum absolute atomic E-state index is 0.0816. The summed E-state index contributed by atoms with van der Waals surface area (Å²) in [6.45, 7) is -1.19. The van der Waals surface area contributed by atoms with Crippen LogP contribution in [0.1, 0.15) is 10.4 Å². The third-order valence-corrected chi connectivity index (χ3v) is 4.18. The van der Waals surface area contributed by atoms with Crippen molar-refractivity contribution in [1.82, 2.24) is 20.1 Å². The third-order valence-electron chi connectivity index (χ3n) is 4.18. The standard InChI is InChI=1S/C15H13F3N4O3/c16-15(17,18)11-7-22(6-10(11)14(24)25)13(23)9-5-20-21-12(9)8-1-3-19-4-2-8/h1-5,10-11H,6-7H2,(H,20,21)(H,24,25)/t10-,11-/m1/s1. The van der Waals surface area contributed by atoms with Gasteiger partial charge in [-0.05, 0) is 12.1 Å². The smallest absolute Gasteiger partial charge is 0.394 e. The number of carboxylic acid groups (broad SMARTS) is 1. The molecule has 2 aromatic rings. The number of alkyl halides is 3. The summed E-state index contributed by atoms with van der Waals surface area (Å²) in [4.78, 5) is 28.5. The van der Waals surface area contributed by atoms with Crippen LogP contribution in [0.3, 0.4) is 0 Å². The molecule has 2 aromatic heterocycles. The fraction of sp³-hybridized carbons (Fsp3) is 0.333. The summed E-state index contributed by atoms with van der Waals surface area (Å²) in [7, 11) is 0. The number of carbonyl (C=O) groups excluding carboxylic acids is 1. The van der Waals surface area contributed by atoms with Crippen molar-refractivity contribution in [3.05, 3.63) is 36.3 Å². The molecule has 10 heteroatoms. The Hall–Kier alpha value is -2.91.